The highest BCUT2D eigenvalue weighted by Gasteiger charge is 2.19. The highest BCUT2D eigenvalue weighted by molar-refractivity contribution is 5.62. The fourth-order valence-corrected chi connectivity index (χ4v) is 1.17. The van der Waals surface area contributed by atoms with Crippen molar-refractivity contribution in [1.82, 2.24) is 0 Å². The first kappa shape index (κ1) is 11.4. The van der Waals surface area contributed by atoms with Gasteiger partial charge in [-0.25, -0.2) is 4.39 Å². The molecule has 0 atom stereocenters. The Hall–Kier alpha value is -1.65. The number of hydrogen-bond acceptors (Lipinski definition) is 3. The molecule has 0 radical (unpaired) electrons. The molecule has 1 aromatic carbocycles. The first-order valence-corrected chi connectivity index (χ1v) is 4.52. The lowest BCUT2D eigenvalue weighted by Gasteiger charge is -2.21. The Balaban J connectivity index is 3.12. The maximum atomic E-state index is 12.8. The van der Waals surface area contributed by atoms with E-state index in [1.54, 1.807) is 0 Å². The molecule has 0 saturated heterocycles. The zero-order valence-corrected chi connectivity index (χ0v) is 8.87. The van der Waals surface area contributed by atoms with Crippen LogP contribution in [0.15, 0.2) is 18.2 Å². The molecule has 15 heavy (non-hydrogen) atoms. The zero-order chi connectivity index (χ0) is 11.6. The molecule has 0 amide bonds. The largest absolute Gasteiger partial charge is 0.375 e. The predicted molar refractivity (Wildman–Crippen MR) is 56.4 cm³/mol. The summed E-state index contributed by atoms with van der Waals surface area (Å²) in [5, 5.41) is 13.6. The molecule has 0 fully saturated rings. The van der Waals surface area contributed by atoms with Gasteiger partial charge in [0.2, 0.25) is 0 Å². The van der Waals surface area contributed by atoms with E-state index in [-0.39, 0.29) is 11.2 Å². The van der Waals surface area contributed by atoms with Crippen LogP contribution in [-0.2, 0) is 0 Å². The SMILES string of the molecule is CC(C)(C)Nc1ccc(F)cc1[N+](=O)[O-]. The van der Waals surface area contributed by atoms with Crippen molar-refractivity contribution in [2.75, 3.05) is 5.32 Å². The summed E-state index contributed by atoms with van der Waals surface area (Å²) in [6.07, 6.45) is 0. The van der Waals surface area contributed by atoms with Crippen molar-refractivity contribution in [3.05, 3.63) is 34.1 Å². The summed E-state index contributed by atoms with van der Waals surface area (Å²) in [6, 6.07) is 3.48. The molecule has 0 saturated carbocycles. The Bertz CT molecular complexity index is 385. The summed E-state index contributed by atoms with van der Waals surface area (Å²) in [5.41, 5.74) is -0.221. The second-order valence-electron chi connectivity index (χ2n) is 4.29. The van der Waals surface area contributed by atoms with Gasteiger partial charge in [-0.15, -0.1) is 0 Å². The normalized spacial score (nSPS) is 11.2. The lowest BCUT2D eigenvalue weighted by Crippen LogP contribution is -2.26. The van der Waals surface area contributed by atoms with Gasteiger partial charge in [-0.1, -0.05) is 0 Å². The molecule has 0 aliphatic carbocycles. The van der Waals surface area contributed by atoms with Crippen LogP contribution in [0.2, 0.25) is 0 Å². The average Bonchev–Trinajstić information content (AvgIpc) is 2.05. The van der Waals surface area contributed by atoms with Gasteiger partial charge in [0.1, 0.15) is 11.5 Å². The van der Waals surface area contributed by atoms with Gasteiger partial charge in [0.05, 0.1) is 11.0 Å². The third-order valence-electron chi connectivity index (χ3n) is 1.67. The Morgan fingerprint density at radius 1 is 1.40 bits per heavy atom. The fraction of sp³-hybridized carbons (Fsp3) is 0.400. The van der Waals surface area contributed by atoms with Crippen molar-refractivity contribution < 1.29 is 9.31 Å². The van der Waals surface area contributed by atoms with Crippen molar-refractivity contribution in [2.45, 2.75) is 26.3 Å². The average molecular weight is 212 g/mol. The number of halogens is 1. The van der Waals surface area contributed by atoms with E-state index in [1.807, 2.05) is 20.8 Å². The second kappa shape index (κ2) is 3.84. The predicted octanol–water partition coefficient (Wildman–Crippen LogP) is 2.94. The Morgan fingerprint density at radius 2 is 2.00 bits per heavy atom. The van der Waals surface area contributed by atoms with Crippen molar-refractivity contribution in [2.24, 2.45) is 0 Å². The van der Waals surface area contributed by atoms with E-state index in [4.69, 9.17) is 0 Å². The van der Waals surface area contributed by atoms with Gasteiger partial charge in [0.15, 0.2) is 0 Å². The van der Waals surface area contributed by atoms with Crippen LogP contribution in [0.25, 0.3) is 0 Å². The number of nitrogens with one attached hydrogen (secondary N) is 1. The second-order valence-corrected chi connectivity index (χ2v) is 4.29. The van der Waals surface area contributed by atoms with E-state index in [2.05, 4.69) is 5.32 Å². The molecule has 0 aromatic heterocycles. The van der Waals surface area contributed by atoms with E-state index in [1.165, 1.54) is 12.1 Å². The zero-order valence-electron chi connectivity index (χ0n) is 8.87. The number of nitrogens with zero attached hydrogens (tertiary/aromatic N) is 1. The monoisotopic (exact) mass is 212 g/mol. The number of hydrogen-bond donors (Lipinski definition) is 1. The first-order chi connectivity index (χ1) is 6.79. The molecular weight excluding hydrogens is 199 g/mol. The number of nitro groups is 1. The minimum Gasteiger partial charge on any atom is -0.375 e. The number of anilines is 1. The topological polar surface area (TPSA) is 55.2 Å². The van der Waals surface area contributed by atoms with Crippen LogP contribution >= 0.6 is 0 Å². The molecule has 1 N–H and O–H groups in total. The number of benzene rings is 1. The van der Waals surface area contributed by atoms with Crippen LogP contribution in [0.3, 0.4) is 0 Å². The van der Waals surface area contributed by atoms with E-state index in [9.17, 15) is 14.5 Å². The summed E-state index contributed by atoms with van der Waals surface area (Å²) in [6.45, 7) is 5.63. The van der Waals surface area contributed by atoms with Crippen LogP contribution in [0.5, 0.6) is 0 Å². The van der Waals surface area contributed by atoms with E-state index >= 15 is 0 Å². The molecule has 4 nitrogen and oxygen atoms in total. The smallest absolute Gasteiger partial charge is 0.295 e. The maximum absolute atomic E-state index is 12.8. The fourth-order valence-electron chi connectivity index (χ4n) is 1.17. The van der Waals surface area contributed by atoms with Crippen molar-refractivity contribution >= 4 is 11.4 Å². The highest BCUT2D eigenvalue weighted by Crippen LogP contribution is 2.27. The third-order valence-corrected chi connectivity index (χ3v) is 1.67. The third kappa shape index (κ3) is 3.19. The van der Waals surface area contributed by atoms with Gasteiger partial charge in [-0.3, -0.25) is 10.1 Å². The lowest BCUT2D eigenvalue weighted by atomic mass is 10.1. The summed E-state index contributed by atoms with van der Waals surface area (Å²) in [5.74, 6) is -0.610. The van der Waals surface area contributed by atoms with Gasteiger partial charge in [-0.2, -0.15) is 0 Å². The standard InChI is InChI=1S/C10H13FN2O2/c1-10(2,3)12-8-5-4-7(11)6-9(8)13(14)15/h4-6,12H,1-3H3. The number of nitro benzene ring substituents is 1. The molecule has 82 valence electrons. The first-order valence-electron chi connectivity index (χ1n) is 4.52. The molecular formula is C10H13FN2O2. The highest BCUT2D eigenvalue weighted by atomic mass is 19.1. The van der Waals surface area contributed by atoms with Crippen molar-refractivity contribution in [1.29, 1.82) is 0 Å². The van der Waals surface area contributed by atoms with E-state index in [0.717, 1.165) is 6.07 Å². The van der Waals surface area contributed by atoms with Crippen LogP contribution in [0, 0.1) is 15.9 Å². The molecule has 0 aliphatic rings. The number of rotatable bonds is 2. The summed E-state index contributed by atoms with van der Waals surface area (Å²) in [4.78, 5) is 10.1. The summed E-state index contributed by atoms with van der Waals surface area (Å²) < 4.78 is 12.8. The Morgan fingerprint density at radius 3 is 2.47 bits per heavy atom. The Kier molecular flexibility index (Phi) is 2.93. The molecule has 0 spiro atoms. The van der Waals surface area contributed by atoms with Crippen LogP contribution in [0.1, 0.15) is 20.8 Å². The quantitative estimate of drug-likeness (QED) is 0.605. The van der Waals surface area contributed by atoms with Gasteiger partial charge < -0.3 is 5.32 Å². The van der Waals surface area contributed by atoms with Gasteiger partial charge in [0.25, 0.3) is 5.69 Å². The van der Waals surface area contributed by atoms with Crippen LogP contribution in [-0.4, -0.2) is 10.5 Å². The van der Waals surface area contributed by atoms with Gasteiger partial charge >= 0.3 is 0 Å². The van der Waals surface area contributed by atoms with Gasteiger partial charge in [-0.05, 0) is 32.9 Å². The Labute approximate surface area is 87.3 Å². The minimum absolute atomic E-state index is 0.245. The maximum Gasteiger partial charge on any atom is 0.295 e. The lowest BCUT2D eigenvalue weighted by molar-refractivity contribution is -0.384. The van der Waals surface area contributed by atoms with Gasteiger partial charge in [0, 0.05) is 5.54 Å². The summed E-state index contributed by atoms with van der Waals surface area (Å²) in [7, 11) is 0. The molecule has 1 rings (SSSR count). The summed E-state index contributed by atoms with van der Waals surface area (Å²) >= 11 is 0. The van der Waals surface area contributed by atoms with Crippen LogP contribution in [0.4, 0.5) is 15.8 Å². The van der Waals surface area contributed by atoms with E-state index < -0.39 is 10.7 Å². The van der Waals surface area contributed by atoms with Crippen molar-refractivity contribution in [3.8, 4) is 0 Å². The molecule has 0 aliphatic heterocycles. The molecule has 0 bridgehead atoms. The van der Waals surface area contributed by atoms with E-state index in [0.29, 0.717) is 5.69 Å². The molecule has 1 aromatic rings. The molecule has 0 heterocycles. The van der Waals surface area contributed by atoms with Crippen molar-refractivity contribution in [3.63, 3.8) is 0 Å². The molecule has 5 heteroatoms. The molecule has 0 unspecified atom stereocenters. The van der Waals surface area contributed by atoms with Crippen LogP contribution < -0.4 is 5.32 Å². The minimum atomic E-state index is -0.610.